The first-order chi connectivity index (χ1) is 12.7. The third-order valence-corrected chi connectivity index (χ3v) is 3.60. The predicted octanol–water partition coefficient (Wildman–Crippen LogP) is 5.00. The normalized spacial score (nSPS) is 11.5. The molecule has 0 aliphatic rings. The van der Waals surface area contributed by atoms with Crippen LogP contribution >= 0.6 is 0 Å². The molecule has 0 saturated carbocycles. The molecule has 0 saturated heterocycles. The van der Waals surface area contributed by atoms with E-state index in [9.17, 15) is 22.8 Å². The second-order valence-corrected chi connectivity index (χ2v) is 5.72. The van der Waals surface area contributed by atoms with Crippen LogP contribution in [0.15, 0.2) is 54.6 Å². The minimum absolute atomic E-state index is 0.0565. The first kappa shape index (κ1) is 20.2. The third kappa shape index (κ3) is 6.97. The number of carbonyl (C=O) groups excluding carboxylic acids is 1. The van der Waals surface area contributed by atoms with Crippen LogP contribution in [0.4, 0.5) is 13.2 Å². The molecular formula is C20H17F3O4. The quantitative estimate of drug-likeness (QED) is 0.399. The van der Waals surface area contributed by atoms with E-state index in [1.165, 1.54) is 42.5 Å². The van der Waals surface area contributed by atoms with Gasteiger partial charge in [0.25, 0.3) is 0 Å². The van der Waals surface area contributed by atoms with Gasteiger partial charge < -0.3 is 9.84 Å². The van der Waals surface area contributed by atoms with Crippen LogP contribution < -0.4 is 4.74 Å². The fourth-order valence-corrected chi connectivity index (χ4v) is 2.18. The molecule has 0 aliphatic carbocycles. The largest absolute Gasteiger partial charge is 0.494 e. The summed E-state index contributed by atoms with van der Waals surface area (Å²) in [6, 6.07) is 12.2. The lowest BCUT2D eigenvalue weighted by Crippen LogP contribution is -2.09. The van der Waals surface area contributed by atoms with Gasteiger partial charge in [0, 0.05) is 12.0 Å². The lowest BCUT2D eigenvalue weighted by atomic mass is 10.1. The molecule has 142 valence electrons. The average molecular weight is 378 g/mol. The zero-order valence-electron chi connectivity index (χ0n) is 14.2. The Morgan fingerprint density at radius 1 is 0.963 bits per heavy atom. The molecule has 2 aromatic rings. The number of hydrogen-bond acceptors (Lipinski definition) is 3. The van der Waals surface area contributed by atoms with E-state index >= 15 is 0 Å². The monoisotopic (exact) mass is 378 g/mol. The first-order valence-electron chi connectivity index (χ1n) is 8.10. The van der Waals surface area contributed by atoms with Gasteiger partial charge in [-0.15, -0.1) is 0 Å². The fourth-order valence-electron chi connectivity index (χ4n) is 2.18. The number of alkyl halides is 3. The number of carboxylic acids is 1. The van der Waals surface area contributed by atoms with E-state index in [1.54, 1.807) is 18.2 Å². The van der Waals surface area contributed by atoms with Crippen LogP contribution in [0.2, 0.25) is 0 Å². The Morgan fingerprint density at radius 3 is 2.11 bits per heavy atom. The van der Waals surface area contributed by atoms with E-state index in [4.69, 9.17) is 9.84 Å². The molecule has 0 aromatic heterocycles. The molecule has 0 radical (unpaired) electrons. The van der Waals surface area contributed by atoms with Crippen molar-refractivity contribution in [1.29, 1.82) is 0 Å². The number of carboxylic acid groups (broad SMARTS) is 1. The van der Waals surface area contributed by atoms with Crippen molar-refractivity contribution in [3.05, 3.63) is 71.3 Å². The van der Waals surface area contributed by atoms with Crippen LogP contribution in [0.5, 0.6) is 5.75 Å². The molecule has 0 heterocycles. The molecule has 0 amide bonds. The summed E-state index contributed by atoms with van der Waals surface area (Å²) in [5, 5.41) is 8.84. The summed E-state index contributed by atoms with van der Waals surface area (Å²) in [7, 11) is 0. The van der Waals surface area contributed by atoms with Gasteiger partial charge in [-0.25, -0.2) is 4.79 Å². The zero-order valence-corrected chi connectivity index (χ0v) is 14.2. The summed E-state index contributed by atoms with van der Waals surface area (Å²) in [5.41, 5.74) is 1.23. The summed E-state index contributed by atoms with van der Waals surface area (Å²) in [4.78, 5) is 22.9. The first-order valence-corrected chi connectivity index (χ1v) is 8.10. The third-order valence-electron chi connectivity index (χ3n) is 3.60. The molecule has 2 aromatic carbocycles. The topological polar surface area (TPSA) is 63.6 Å². The van der Waals surface area contributed by atoms with Gasteiger partial charge in [0.2, 0.25) is 0 Å². The molecule has 2 rings (SSSR count). The Kier molecular flexibility index (Phi) is 6.76. The van der Waals surface area contributed by atoms with Gasteiger partial charge in [0.1, 0.15) is 5.75 Å². The summed E-state index contributed by atoms with van der Waals surface area (Å²) < 4.78 is 41.4. The average Bonchev–Trinajstić information content (AvgIpc) is 2.63. The van der Waals surface area contributed by atoms with Crippen molar-refractivity contribution in [1.82, 2.24) is 0 Å². The van der Waals surface area contributed by atoms with E-state index in [0.717, 1.165) is 0 Å². The highest BCUT2D eigenvalue weighted by atomic mass is 19.4. The highest BCUT2D eigenvalue weighted by molar-refractivity contribution is 6.06. The van der Waals surface area contributed by atoms with Crippen LogP contribution in [-0.2, 0) is 0 Å². The van der Waals surface area contributed by atoms with Crippen molar-refractivity contribution in [3.8, 4) is 5.75 Å². The minimum atomic E-state index is -4.19. The second kappa shape index (κ2) is 9.02. The highest BCUT2D eigenvalue weighted by Gasteiger charge is 2.26. The maximum absolute atomic E-state index is 12.1. The Morgan fingerprint density at radius 2 is 1.56 bits per heavy atom. The van der Waals surface area contributed by atoms with E-state index < -0.39 is 18.6 Å². The molecule has 0 aliphatic heterocycles. The fraction of sp³-hybridized carbons (Fsp3) is 0.200. The maximum Gasteiger partial charge on any atom is 0.389 e. The number of allylic oxidation sites excluding steroid dienone is 1. The number of rotatable bonds is 8. The van der Waals surface area contributed by atoms with Crippen molar-refractivity contribution in [2.75, 3.05) is 6.61 Å². The number of ketones is 1. The van der Waals surface area contributed by atoms with Crippen molar-refractivity contribution >= 4 is 17.8 Å². The lowest BCUT2D eigenvalue weighted by Gasteiger charge is -2.08. The molecule has 7 heteroatoms. The number of hydrogen-bond donors (Lipinski definition) is 1. The summed E-state index contributed by atoms with van der Waals surface area (Å²) in [6.45, 7) is -0.0565. The van der Waals surface area contributed by atoms with Gasteiger partial charge in [-0.3, -0.25) is 4.79 Å². The number of ether oxygens (including phenoxy) is 1. The Balaban J connectivity index is 1.88. The summed E-state index contributed by atoms with van der Waals surface area (Å²) >= 11 is 0. The second-order valence-electron chi connectivity index (χ2n) is 5.72. The summed E-state index contributed by atoms with van der Waals surface area (Å²) in [6.07, 6.45) is -2.31. The van der Waals surface area contributed by atoms with Crippen molar-refractivity contribution in [3.63, 3.8) is 0 Å². The smallest absolute Gasteiger partial charge is 0.389 e. The molecule has 0 bridgehead atoms. The Labute approximate surface area is 153 Å². The molecule has 0 fully saturated rings. The zero-order chi connectivity index (χ0) is 19.9. The predicted molar refractivity (Wildman–Crippen MR) is 94.0 cm³/mol. The van der Waals surface area contributed by atoms with Gasteiger partial charge in [-0.05, 0) is 54.5 Å². The molecule has 0 spiro atoms. The van der Waals surface area contributed by atoms with Gasteiger partial charge in [-0.1, -0.05) is 18.2 Å². The van der Waals surface area contributed by atoms with Crippen LogP contribution in [-0.4, -0.2) is 29.6 Å². The molecule has 27 heavy (non-hydrogen) atoms. The van der Waals surface area contributed by atoms with Crippen molar-refractivity contribution in [2.45, 2.75) is 19.0 Å². The lowest BCUT2D eigenvalue weighted by molar-refractivity contribution is -0.136. The van der Waals surface area contributed by atoms with E-state index in [2.05, 4.69) is 0 Å². The standard InChI is InChI=1S/C20H17F3O4/c21-20(22,23)12-1-13-27-17-9-7-15(8-10-17)18(24)11-4-14-2-5-16(6-3-14)19(25)26/h2-11H,1,12-13H2,(H,25,26)/b11-4+. The van der Waals surface area contributed by atoms with Crippen LogP contribution in [0.1, 0.15) is 39.1 Å². The van der Waals surface area contributed by atoms with Crippen molar-refractivity contribution in [2.24, 2.45) is 0 Å². The molecule has 0 atom stereocenters. The van der Waals surface area contributed by atoms with Crippen LogP contribution in [0.25, 0.3) is 6.08 Å². The van der Waals surface area contributed by atoms with Gasteiger partial charge in [-0.2, -0.15) is 13.2 Å². The van der Waals surface area contributed by atoms with Crippen LogP contribution in [0, 0.1) is 0 Å². The van der Waals surface area contributed by atoms with Crippen molar-refractivity contribution < 1.29 is 32.6 Å². The molecule has 0 unspecified atom stereocenters. The van der Waals surface area contributed by atoms with E-state index in [0.29, 0.717) is 16.9 Å². The van der Waals surface area contributed by atoms with Gasteiger partial charge in [0.15, 0.2) is 5.78 Å². The molecule has 1 N–H and O–H groups in total. The maximum atomic E-state index is 12.1. The number of halogens is 3. The van der Waals surface area contributed by atoms with Gasteiger partial charge >= 0.3 is 12.1 Å². The number of benzene rings is 2. The summed E-state index contributed by atoms with van der Waals surface area (Å²) in [5.74, 6) is -0.898. The molecular weight excluding hydrogens is 361 g/mol. The number of aromatic carboxylic acids is 1. The van der Waals surface area contributed by atoms with Gasteiger partial charge in [0.05, 0.1) is 12.2 Å². The Bertz CT molecular complexity index is 807. The van der Waals surface area contributed by atoms with Crippen LogP contribution in [0.3, 0.4) is 0 Å². The number of carbonyl (C=O) groups is 2. The highest BCUT2D eigenvalue weighted by Crippen LogP contribution is 2.21. The van der Waals surface area contributed by atoms with E-state index in [1.807, 2.05) is 0 Å². The Hall–Kier alpha value is -3.09. The van der Waals surface area contributed by atoms with E-state index in [-0.39, 0.29) is 24.4 Å². The minimum Gasteiger partial charge on any atom is -0.494 e. The SMILES string of the molecule is O=C(O)c1ccc(/C=C/C(=O)c2ccc(OCCCC(F)(F)F)cc2)cc1. The molecule has 4 nitrogen and oxygen atoms in total.